The molecule has 12 rings (SSSR count). The highest BCUT2D eigenvalue weighted by Crippen LogP contribution is 2.51. The maximum Gasteiger partial charge on any atom is 0.270 e. The van der Waals surface area contributed by atoms with Gasteiger partial charge in [0.15, 0.2) is 0 Å². The van der Waals surface area contributed by atoms with Crippen molar-refractivity contribution in [3.8, 4) is 45.1 Å². The standard InChI is InChI=1S/C56H48N10O6/c67-53(39-17-7-9-21-57-39)63-49(33-13-3-1-4-14-33)55(69)65-23-11-19-43(65)51-59-29-41(61-51)35-25-37-31-71-45-27-36(28-46-48(45)47(37)38(26-35)32-72-46)42-30-60-52(62-42)44-20-12-24-66(44)56(70)50(34-15-5-2-6-16-34)64-54(68)40-18-8-10-22-58-40/h1-10,13-18,21-22,25-30,43-44,49-50H,11-12,19-20,23-24,31-32H2,(H,59,61)(H,60,62)(H,63,67)(H,64,68)/t43-,44-,49+,50+/m0/s1. The van der Waals surface area contributed by atoms with E-state index >= 15 is 0 Å². The summed E-state index contributed by atoms with van der Waals surface area (Å²) in [4.78, 5) is 84.2. The average Bonchev–Trinajstić information content (AvgIpc) is 4.30. The van der Waals surface area contributed by atoms with Crippen LogP contribution < -0.4 is 20.1 Å². The number of H-pyrrole nitrogens is 2. The number of nitrogens with one attached hydrogen (secondary N) is 4. The van der Waals surface area contributed by atoms with Crippen molar-refractivity contribution in [2.75, 3.05) is 13.1 Å². The Hall–Kier alpha value is -8.92. The van der Waals surface area contributed by atoms with Crippen LogP contribution in [0, 0.1) is 0 Å². The number of aromatic amines is 2. The minimum Gasteiger partial charge on any atom is -0.488 e. The molecule has 2 fully saturated rings. The van der Waals surface area contributed by atoms with Crippen LogP contribution in [0.4, 0.5) is 0 Å². The van der Waals surface area contributed by atoms with Gasteiger partial charge in [0.2, 0.25) is 11.8 Å². The molecule has 4 N–H and O–H groups in total. The Kier molecular flexibility index (Phi) is 11.5. The zero-order chi connectivity index (χ0) is 48.7. The van der Waals surface area contributed by atoms with Gasteiger partial charge in [-0.05, 0) is 96.5 Å². The number of carbonyl (C=O) groups is 4. The van der Waals surface area contributed by atoms with Gasteiger partial charge in [-0.25, -0.2) is 9.97 Å². The fourth-order valence-electron chi connectivity index (χ4n) is 10.5. The number of hydrogen-bond acceptors (Lipinski definition) is 10. The second-order valence-corrected chi connectivity index (χ2v) is 18.4. The molecule has 8 aromatic rings. The summed E-state index contributed by atoms with van der Waals surface area (Å²) in [5.41, 5.74) is 9.18. The number of carbonyl (C=O) groups excluding carboxylic acids is 4. The van der Waals surface area contributed by atoms with Crippen LogP contribution in [0.5, 0.6) is 11.5 Å². The minimum absolute atomic E-state index is 0.213. The lowest BCUT2D eigenvalue weighted by Crippen LogP contribution is -2.43. The Morgan fingerprint density at radius 3 is 1.43 bits per heavy atom. The molecule has 4 atom stereocenters. The fourth-order valence-corrected chi connectivity index (χ4v) is 10.5. The topological polar surface area (TPSA) is 200 Å². The van der Waals surface area contributed by atoms with Gasteiger partial charge in [0.25, 0.3) is 11.8 Å². The number of rotatable bonds is 12. The molecule has 0 saturated carbocycles. The van der Waals surface area contributed by atoms with Gasteiger partial charge in [-0.3, -0.25) is 29.1 Å². The Balaban J connectivity index is 0.769. The lowest BCUT2D eigenvalue weighted by atomic mass is 9.87. The van der Waals surface area contributed by atoms with E-state index in [-0.39, 0.29) is 35.3 Å². The van der Waals surface area contributed by atoms with Crippen LogP contribution in [-0.2, 0) is 22.8 Å². The quantitative estimate of drug-likeness (QED) is 0.0922. The molecular formula is C56H48N10O6. The number of amides is 4. The van der Waals surface area contributed by atoms with Crippen LogP contribution in [0.3, 0.4) is 0 Å². The van der Waals surface area contributed by atoms with Crippen LogP contribution in [-0.4, -0.2) is 76.4 Å². The van der Waals surface area contributed by atoms with Crippen molar-refractivity contribution >= 4 is 23.6 Å². The third-order valence-electron chi connectivity index (χ3n) is 14.0. The van der Waals surface area contributed by atoms with E-state index in [2.05, 4.69) is 42.7 Å². The van der Waals surface area contributed by atoms with Crippen LogP contribution in [0.15, 0.2) is 146 Å². The molecule has 4 aromatic carbocycles. The zero-order valence-corrected chi connectivity index (χ0v) is 39.0. The maximum atomic E-state index is 14.4. The summed E-state index contributed by atoms with van der Waals surface area (Å²) in [6.07, 6.45) is 9.69. The molecule has 0 aliphatic carbocycles. The number of nitrogens with zero attached hydrogens (tertiary/aromatic N) is 6. The van der Waals surface area contributed by atoms with Crippen molar-refractivity contribution in [1.29, 1.82) is 0 Å². The van der Waals surface area contributed by atoms with Gasteiger partial charge in [0, 0.05) is 42.2 Å². The number of hydrogen-bond donors (Lipinski definition) is 4. The second-order valence-electron chi connectivity index (χ2n) is 18.4. The van der Waals surface area contributed by atoms with Crippen LogP contribution in [0.25, 0.3) is 33.6 Å². The van der Waals surface area contributed by atoms with Crippen molar-refractivity contribution in [2.24, 2.45) is 0 Å². The molecule has 16 nitrogen and oxygen atoms in total. The summed E-state index contributed by atoms with van der Waals surface area (Å²) in [5, 5.41) is 5.90. The van der Waals surface area contributed by atoms with Crippen molar-refractivity contribution in [3.63, 3.8) is 0 Å². The average molecular weight is 957 g/mol. The zero-order valence-electron chi connectivity index (χ0n) is 39.0. The van der Waals surface area contributed by atoms with E-state index in [4.69, 9.17) is 19.4 Å². The number of pyridine rings is 2. The van der Waals surface area contributed by atoms with Gasteiger partial charge >= 0.3 is 0 Å². The monoisotopic (exact) mass is 956 g/mol. The predicted molar refractivity (Wildman–Crippen MR) is 265 cm³/mol. The Bertz CT molecular complexity index is 3070. The van der Waals surface area contributed by atoms with E-state index in [0.29, 0.717) is 67.0 Å². The molecular weight excluding hydrogens is 909 g/mol. The molecule has 4 aliphatic heterocycles. The smallest absolute Gasteiger partial charge is 0.270 e. The first-order valence-electron chi connectivity index (χ1n) is 24.2. The molecule has 358 valence electrons. The normalized spacial score (nSPS) is 17.3. The van der Waals surface area contributed by atoms with Crippen molar-refractivity contribution in [2.45, 2.75) is 63.1 Å². The molecule has 2 saturated heterocycles. The van der Waals surface area contributed by atoms with Crippen LogP contribution in [0.2, 0.25) is 0 Å². The number of benzene rings is 4. The summed E-state index contributed by atoms with van der Waals surface area (Å²) in [7, 11) is 0. The third-order valence-corrected chi connectivity index (χ3v) is 14.0. The molecule has 8 heterocycles. The molecule has 0 radical (unpaired) electrons. The minimum atomic E-state index is -0.917. The number of likely N-dealkylation sites (tertiary alicyclic amines) is 2. The van der Waals surface area contributed by atoms with Crippen molar-refractivity contribution < 1.29 is 28.7 Å². The molecule has 0 unspecified atom stereocenters. The summed E-state index contributed by atoms with van der Waals surface area (Å²) in [6.45, 7) is 1.73. The molecule has 0 spiro atoms. The number of aromatic nitrogens is 6. The van der Waals surface area contributed by atoms with E-state index in [1.54, 1.807) is 59.9 Å². The van der Waals surface area contributed by atoms with E-state index in [0.717, 1.165) is 64.0 Å². The summed E-state index contributed by atoms with van der Waals surface area (Å²) < 4.78 is 13.0. The maximum absolute atomic E-state index is 14.4. The van der Waals surface area contributed by atoms with Crippen LogP contribution >= 0.6 is 0 Å². The number of ether oxygens (including phenoxy) is 2. The van der Waals surface area contributed by atoms with E-state index < -0.39 is 23.9 Å². The summed E-state index contributed by atoms with van der Waals surface area (Å²) in [5.74, 6) is 1.44. The SMILES string of the molecule is O=C(N[C@@H](C(=O)N1CCC[C@H]1c1ncc(-c2cc3c4c(c2)COc2cc(-c5cnc([C@@H]6CCCN6C(=O)[C@H](NC(=O)c6ccccn6)c6ccccc6)[nH]5)cc(c2-4)OC3)[nH]1)c1ccccc1)c1ccccn1. The van der Waals surface area contributed by atoms with Gasteiger partial charge in [-0.2, -0.15) is 0 Å². The second kappa shape index (κ2) is 18.8. The Morgan fingerprint density at radius 1 is 0.542 bits per heavy atom. The first kappa shape index (κ1) is 44.3. The van der Waals surface area contributed by atoms with Crippen LogP contribution in [0.1, 0.15) is 105 Å². The molecule has 4 aliphatic rings. The largest absolute Gasteiger partial charge is 0.488 e. The molecule has 16 heteroatoms. The third kappa shape index (κ3) is 8.29. The molecule has 4 aromatic heterocycles. The first-order valence-corrected chi connectivity index (χ1v) is 24.2. The van der Waals surface area contributed by atoms with Gasteiger partial charge in [0.05, 0.1) is 41.4 Å². The number of imidazole rings is 2. The summed E-state index contributed by atoms with van der Waals surface area (Å²) >= 11 is 0. The first-order chi connectivity index (χ1) is 35.3. The van der Waals surface area contributed by atoms with Crippen molar-refractivity contribution in [1.82, 2.24) is 50.3 Å². The summed E-state index contributed by atoms with van der Waals surface area (Å²) in [6, 6.07) is 34.5. The van der Waals surface area contributed by atoms with E-state index in [1.165, 1.54) is 0 Å². The van der Waals surface area contributed by atoms with Gasteiger partial charge < -0.3 is 39.9 Å². The predicted octanol–water partition coefficient (Wildman–Crippen LogP) is 8.38. The highest BCUT2D eigenvalue weighted by molar-refractivity contribution is 5.97. The molecule has 4 amide bonds. The lowest BCUT2D eigenvalue weighted by Gasteiger charge is -2.30. The van der Waals surface area contributed by atoms with E-state index in [1.807, 2.05) is 83.9 Å². The Labute approximate surface area is 413 Å². The molecule has 72 heavy (non-hydrogen) atoms. The molecule has 0 bridgehead atoms. The van der Waals surface area contributed by atoms with Gasteiger partial charge in [-0.1, -0.05) is 72.8 Å². The van der Waals surface area contributed by atoms with Crippen molar-refractivity contribution in [3.05, 3.63) is 191 Å². The Morgan fingerprint density at radius 2 is 0.986 bits per heavy atom. The highest BCUT2D eigenvalue weighted by Gasteiger charge is 2.39. The van der Waals surface area contributed by atoms with E-state index in [9.17, 15) is 19.2 Å². The van der Waals surface area contributed by atoms with Gasteiger partial charge in [-0.15, -0.1) is 0 Å². The highest BCUT2D eigenvalue weighted by atomic mass is 16.5. The fraction of sp³-hybridized carbons (Fsp3) is 0.214. The lowest BCUT2D eigenvalue weighted by molar-refractivity contribution is -0.135. The van der Waals surface area contributed by atoms with Gasteiger partial charge in [0.1, 0.15) is 59.8 Å².